The number of hydrogen-bond donors (Lipinski definition) is 1. The van der Waals surface area contributed by atoms with Crippen LogP contribution in [0.5, 0.6) is 0 Å². The molecule has 2 rings (SSSR count). The zero-order valence-electron chi connectivity index (χ0n) is 12.4. The number of likely N-dealkylation sites (N-methyl/N-ethyl adjacent to an activating group) is 1. The highest BCUT2D eigenvalue weighted by atomic mass is 16.2. The summed E-state index contributed by atoms with van der Waals surface area (Å²) in [5, 5.41) is 0. The second kappa shape index (κ2) is 7.60. The third kappa shape index (κ3) is 4.17. The highest BCUT2D eigenvalue weighted by Gasteiger charge is 2.20. The molecule has 3 heteroatoms. The van der Waals surface area contributed by atoms with E-state index in [0.717, 1.165) is 12.0 Å². The smallest absolute Gasteiger partial charge is 0.244 e. The lowest BCUT2D eigenvalue weighted by molar-refractivity contribution is -0.132. The quantitative estimate of drug-likeness (QED) is 0.885. The van der Waals surface area contributed by atoms with Crippen molar-refractivity contribution < 1.29 is 4.79 Å². The molecular weight excluding hydrogens is 260 g/mol. The second-order valence-electron chi connectivity index (χ2n) is 5.04. The number of nitrogens with two attached hydrogens (primary N) is 1. The maximum absolute atomic E-state index is 12.5. The molecule has 0 aromatic heterocycles. The molecule has 3 nitrogen and oxygen atoms in total. The monoisotopic (exact) mass is 282 g/mol. The first-order valence-corrected chi connectivity index (χ1v) is 7.35. The molecule has 1 atom stereocenters. The van der Waals surface area contributed by atoms with E-state index < -0.39 is 6.04 Å². The third-order valence-corrected chi connectivity index (χ3v) is 3.63. The van der Waals surface area contributed by atoms with E-state index in [9.17, 15) is 4.79 Å². The first-order chi connectivity index (χ1) is 10.2. The normalized spacial score (nSPS) is 11.9. The van der Waals surface area contributed by atoms with Gasteiger partial charge < -0.3 is 10.6 Å². The van der Waals surface area contributed by atoms with Crippen molar-refractivity contribution in [3.63, 3.8) is 0 Å². The Morgan fingerprint density at radius 1 is 1.05 bits per heavy atom. The number of benzene rings is 2. The van der Waals surface area contributed by atoms with Crippen molar-refractivity contribution >= 4 is 5.91 Å². The van der Waals surface area contributed by atoms with Gasteiger partial charge in [-0.15, -0.1) is 0 Å². The summed E-state index contributed by atoms with van der Waals surface area (Å²) in [4.78, 5) is 14.3. The minimum Gasteiger partial charge on any atom is -0.341 e. The molecule has 0 bridgehead atoms. The summed E-state index contributed by atoms with van der Waals surface area (Å²) < 4.78 is 0. The van der Waals surface area contributed by atoms with Crippen molar-refractivity contribution in [3.05, 3.63) is 71.8 Å². The Hall–Kier alpha value is -2.13. The summed E-state index contributed by atoms with van der Waals surface area (Å²) >= 11 is 0. The zero-order valence-corrected chi connectivity index (χ0v) is 12.4. The number of carbonyl (C=O) groups is 1. The van der Waals surface area contributed by atoms with Crippen LogP contribution < -0.4 is 5.73 Å². The Kier molecular flexibility index (Phi) is 5.52. The van der Waals surface area contributed by atoms with Crippen LogP contribution in [-0.2, 0) is 11.2 Å². The molecule has 2 aromatic carbocycles. The van der Waals surface area contributed by atoms with E-state index in [1.807, 2.05) is 60.4 Å². The Balaban J connectivity index is 1.98. The molecule has 0 unspecified atom stereocenters. The zero-order chi connectivity index (χ0) is 15.1. The van der Waals surface area contributed by atoms with Gasteiger partial charge in [-0.3, -0.25) is 4.79 Å². The lowest BCUT2D eigenvalue weighted by Gasteiger charge is -2.24. The van der Waals surface area contributed by atoms with Crippen LogP contribution in [0, 0.1) is 0 Å². The van der Waals surface area contributed by atoms with E-state index in [1.165, 1.54) is 5.56 Å². The Labute approximate surface area is 126 Å². The highest BCUT2D eigenvalue weighted by Crippen LogP contribution is 2.13. The average Bonchev–Trinajstić information content (AvgIpc) is 2.56. The number of amides is 1. The molecular formula is C18H22N2O. The largest absolute Gasteiger partial charge is 0.341 e. The van der Waals surface area contributed by atoms with E-state index in [1.54, 1.807) is 0 Å². The topological polar surface area (TPSA) is 46.3 Å². The van der Waals surface area contributed by atoms with Gasteiger partial charge in [0.1, 0.15) is 6.04 Å². The van der Waals surface area contributed by atoms with Gasteiger partial charge >= 0.3 is 0 Å². The molecule has 0 aliphatic carbocycles. The van der Waals surface area contributed by atoms with Crippen LogP contribution in [0.3, 0.4) is 0 Å². The fraction of sp³-hybridized carbons (Fsp3) is 0.278. The fourth-order valence-corrected chi connectivity index (χ4v) is 2.33. The van der Waals surface area contributed by atoms with Gasteiger partial charge in [0.25, 0.3) is 0 Å². The third-order valence-electron chi connectivity index (χ3n) is 3.63. The van der Waals surface area contributed by atoms with Crippen LogP contribution in [0.4, 0.5) is 0 Å². The van der Waals surface area contributed by atoms with Crippen molar-refractivity contribution in [1.82, 2.24) is 4.90 Å². The predicted octanol–water partition coefficient (Wildman–Crippen LogP) is 2.78. The molecule has 0 heterocycles. The molecule has 0 saturated heterocycles. The van der Waals surface area contributed by atoms with Crippen LogP contribution >= 0.6 is 0 Å². The first kappa shape index (κ1) is 15.3. The highest BCUT2D eigenvalue weighted by molar-refractivity contribution is 5.83. The van der Waals surface area contributed by atoms with E-state index in [2.05, 4.69) is 12.1 Å². The summed E-state index contributed by atoms with van der Waals surface area (Å²) in [5.74, 6) is -0.0142. The van der Waals surface area contributed by atoms with E-state index in [0.29, 0.717) is 13.1 Å². The van der Waals surface area contributed by atoms with Crippen LogP contribution in [0.15, 0.2) is 60.7 Å². The SMILES string of the molecule is CCN(CCc1ccccc1)C(=O)[C@@H](N)c1ccccc1. The van der Waals surface area contributed by atoms with Crippen molar-refractivity contribution in [3.8, 4) is 0 Å². The van der Waals surface area contributed by atoms with Crippen molar-refractivity contribution in [2.45, 2.75) is 19.4 Å². The van der Waals surface area contributed by atoms with Gasteiger partial charge in [-0.1, -0.05) is 60.7 Å². The fourth-order valence-electron chi connectivity index (χ4n) is 2.33. The van der Waals surface area contributed by atoms with Gasteiger partial charge in [0.15, 0.2) is 0 Å². The van der Waals surface area contributed by atoms with Crippen LogP contribution in [0.1, 0.15) is 24.1 Å². The second-order valence-corrected chi connectivity index (χ2v) is 5.04. The molecule has 110 valence electrons. The number of hydrogen-bond acceptors (Lipinski definition) is 2. The molecule has 0 spiro atoms. The van der Waals surface area contributed by atoms with Gasteiger partial charge in [0, 0.05) is 13.1 Å². The Bertz CT molecular complexity index is 554. The summed E-state index contributed by atoms with van der Waals surface area (Å²) in [5.41, 5.74) is 8.19. The lowest BCUT2D eigenvalue weighted by atomic mass is 10.1. The van der Waals surface area contributed by atoms with E-state index in [-0.39, 0.29) is 5.91 Å². The van der Waals surface area contributed by atoms with Crippen molar-refractivity contribution in [1.29, 1.82) is 0 Å². The Morgan fingerprint density at radius 2 is 1.62 bits per heavy atom. The van der Waals surface area contributed by atoms with Gasteiger partial charge in [-0.05, 0) is 24.5 Å². The Morgan fingerprint density at radius 3 is 2.19 bits per heavy atom. The van der Waals surface area contributed by atoms with Crippen LogP contribution in [0.2, 0.25) is 0 Å². The van der Waals surface area contributed by atoms with Crippen LogP contribution in [0.25, 0.3) is 0 Å². The molecule has 2 aromatic rings. The number of nitrogens with zero attached hydrogens (tertiary/aromatic N) is 1. The molecule has 0 radical (unpaired) electrons. The molecule has 0 fully saturated rings. The number of rotatable bonds is 6. The van der Waals surface area contributed by atoms with Crippen molar-refractivity contribution in [2.75, 3.05) is 13.1 Å². The maximum Gasteiger partial charge on any atom is 0.244 e. The van der Waals surface area contributed by atoms with Crippen LogP contribution in [-0.4, -0.2) is 23.9 Å². The van der Waals surface area contributed by atoms with E-state index in [4.69, 9.17) is 5.73 Å². The van der Waals surface area contributed by atoms with Gasteiger partial charge in [-0.2, -0.15) is 0 Å². The molecule has 0 aliphatic rings. The van der Waals surface area contributed by atoms with Gasteiger partial charge in [0.2, 0.25) is 5.91 Å². The maximum atomic E-state index is 12.5. The molecule has 2 N–H and O–H groups in total. The molecule has 0 saturated carbocycles. The molecule has 0 aliphatic heterocycles. The summed E-state index contributed by atoms with van der Waals surface area (Å²) in [6.45, 7) is 3.35. The lowest BCUT2D eigenvalue weighted by Crippen LogP contribution is -2.39. The van der Waals surface area contributed by atoms with Crippen molar-refractivity contribution in [2.24, 2.45) is 5.73 Å². The summed E-state index contributed by atoms with van der Waals surface area (Å²) in [6, 6.07) is 19.1. The molecule has 1 amide bonds. The minimum absolute atomic E-state index is 0.0142. The average molecular weight is 282 g/mol. The molecule has 21 heavy (non-hydrogen) atoms. The van der Waals surface area contributed by atoms with Gasteiger partial charge in [-0.25, -0.2) is 0 Å². The van der Waals surface area contributed by atoms with E-state index >= 15 is 0 Å². The summed E-state index contributed by atoms with van der Waals surface area (Å²) in [7, 11) is 0. The van der Waals surface area contributed by atoms with Gasteiger partial charge in [0.05, 0.1) is 0 Å². The predicted molar refractivity (Wildman–Crippen MR) is 85.8 cm³/mol. The minimum atomic E-state index is -0.582. The summed E-state index contributed by atoms with van der Waals surface area (Å²) in [6.07, 6.45) is 0.849. The standard InChI is InChI=1S/C18H22N2O/c1-2-20(14-13-15-9-5-3-6-10-15)18(21)17(19)16-11-7-4-8-12-16/h3-12,17H,2,13-14,19H2,1H3/t17-/m0/s1. The number of carbonyl (C=O) groups excluding carboxylic acids is 1. The first-order valence-electron chi connectivity index (χ1n) is 7.35.